The van der Waals surface area contributed by atoms with Crippen LogP contribution in [0.3, 0.4) is 0 Å². The summed E-state index contributed by atoms with van der Waals surface area (Å²) in [7, 11) is 0.425. The zero-order chi connectivity index (χ0) is 20.6. The summed E-state index contributed by atoms with van der Waals surface area (Å²) >= 11 is 0. The van der Waals surface area contributed by atoms with Crippen LogP contribution in [0.1, 0.15) is 38.1 Å². The third-order valence-electron chi connectivity index (χ3n) is 6.54. The van der Waals surface area contributed by atoms with Crippen LogP contribution in [-0.4, -0.2) is 55.2 Å². The number of benzene rings is 1. The Morgan fingerprint density at radius 1 is 1.14 bits per heavy atom. The Morgan fingerprint density at radius 2 is 1.68 bits per heavy atom. The molecule has 1 aliphatic carbocycles. The molecule has 2 unspecified atom stereocenters. The van der Waals surface area contributed by atoms with E-state index in [1.54, 1.807) is 0 Å². The Labute approximate surface area is 162 Å². The molecule has 1 aromatic carbocycles. The van der Waals surface area contributed by atoms with Crippen molar-refractivity contribution >= 4 is 18.5 Å². The molecule has 28 heavy (non-hydrogen) atoms. The Hall–Kier alpha value is -1.74. The Balaban J connectivity index is 1.60. The lowest BCUT2D eigenvalue weighted by Gasteiger charge is -2.32. The lowest BCUT2D eigenvalue weighted by atomic mass is 9.78. The zero-order valence-electron chi connectivity index (χ0n) is 16.5. The number of carbonyl (C=O) groups excluding carboxylic acids is 1. The predicted molar refractivity (Wildman–Crippen MR) is 96.5 cm³/mol. The molecule has 4 rings (SSSR count). The van der Waals surface area contributed by atoms with Crippen LogP contribution in [0, 0.1) is 17.7 Å². The lowest BCUT2D eigenvalue weighted by molar-refractivity contribution is 0.00578. The number of ether oxygens (including phenoxy) is 1. The van der Waals surface area contributed by atoms with Crippen molar-refractivity contribution in [1.82, 2.24) is 4.90 Å². The molecule has 1 amide bonds. The number of hydrogen-bond acceptors (Lipinski definition) is 4. The van der Waals surface area contributed by atoms with Crippen LogP contribution in [0.5, 0.6) is 5.75 Å². The number of amides is 1. The monoisotopic (exact) mass is 397 g/mol. The number of carbonyl (C=O) groups is 1. The van der Waals surface area contributed by atoms with E-state index < -0.39 is 47.8 Å². The van der Waals surface area contributed by atoms with Gasteiger partial charge in [0.2, 0.25) is 0 Å². The Morgan fingerprint density at radius 3 is 2.18 bits per heavy atom. The van der Waals surface area contributed by atoms with Crippen LogP contribution in [0.2, 0.25) is 0 Å². The molecule has 0 aromatic heterocycles. The van der Waals surface area contributed by atoms with E-state index in [4.69, 9.17) is 14.0 Å². The molecule has 2 atom stereocenters. The highest BCUT2D eigenvalue weighted by Gasteiger charge is 2.72. The molecule has 152 valence electrons. The first kappa shape index (κ1) is 19.6. The normalized spacial score (nSPS) is 29.0. The minimum Gasteiger partial charge on any atom is -0.496 e. The standard InChI is InChI=1S/C19H23BF3NO4/c1-17(2)18(3,4)28-20(27-17)13-7-15(26-5)10(6-14(13)21)16(25)24-8-11-12(9-24)19(11,22)23/h6-7,11-12H,8-9H2,1-5H3. The number of likely N-dealkylation sites (tertiary alicyclic amines) is 1. The molecule has 1 aromatic rings. The van der Waals surface area contributed by atoms with Crippen LogP contribution in [0.15, 0.2) is 12.1 Å². The van der Waals surface area contributed by atoms with Gasteiger partial charge in [-0.1, -0.05) is 0 Å². The van der Waals surface area contributed by atoms with Gasteiger partial charge in [0, 0.05) is 18.6 Å². The van der Waals surface area contributed by atoms with Crippen molar-refractivity contribution in [2.75, 3.05) is 20.2 Å². The molecule has 0 bridgehead atoms. The molecule has 3 fully saturated rings. The number of nitrogens with zero attached hydrogens (tertiary/aromatic N) is 1. The van der Waals surface area contributed by atoms with Gasteiger partial charge in [-0.25, -0.2) is 13.2 Å². The molecule has 2 aliphatic heterocycles. The SMILES string of the molecule is COc1cc(B2OC(C)(C)C(C)(C)O2)c(F)cc1C(=O)N1CC2C(C1)C2(F)F. The van der Waals surface area contributed by atoms with Crippen molar-refractivity contribution in [2.45, 2.75) is 44.8 Å². The highest BCUT2D eigenvalue weighted by atomic mass is 19.3. The fourth-order valence-corrected chi connectivity index (χ4v) is 3.90. The second kappa shape index (κ2) is 5.89. The molecule has 0 N–H and O–H groups in total. The minimum atomic E-state index is -2.69. The van der Waals surface area contributed by atoms with E-state index in [1.165, 1.54) is 18.1 Å². The van der Waals surface area contributed by atoms with Gasteiger partial charge in [0.05, 0.1) is 35.7 Å². The fraction of sp³-hybridized carbons (Fsp3) is 0.632. The summed E-state index contributed by atoms with van der Waals surface area (Å²) in [6, 6.07) is 2.46. The zero-order valence-corrected chi connectivity index (χ0v) is 16.5. The lowest BCUT2D eigenvalue weighted by Crippen LogP contribution is -2.41. The maximum atomic E-state index is 14.9. The number of fused-ring (bicyclic) bond motifs is 1. The number of rotatable bonds is 3. The maximum Gasteiger partial charge on any atom is 0.497 e. The number of methoxy groups -OCH3 is 1. The van der Waals surface area contributed by atoms with Crippen molar-refractivity contribution in [3.8, 4) is 5.75 Å². The molecule has 3 aliphatic rings. The predicted octanol–water partition coefficient (Wildman–Crippen LogP) is 2.47. The molecular weight excluding hydrogens is 374 g/mol. The maximum absolute atomic E-state index is 14.9. The van der Waals surface area contributed by atoms with Gasteiger partial charge in [0.25, 0.3) is 11.8 Å². The van der Waals surface area contributed by atoms with Gasteiger partial charge in [0.15, 0.2) is 0 Å². The average Bonchev–Trinajstić information content (AvgIpc) is 2.94. The van der Waals surface area contributed by atoms with Gasteiger partial charge in [-0.05, 0) is 39.8 Å². The summed E-state index contributed by atoms with van der Waals surface area (Å²) < 4.78 is 58.7. The molecule has 0 spiro atoms. The van der Waals surface area contributed by atoms with Crippen molar-refractivity contribution in [3.05, 3.63) is 23.5 Å². The largest absolute Gasteiger partial charge is 0.497 e. The van der Waals surface area contributed by atoms with Gasteiger partial charge in [-0.3, -0.25) is 4.79 Å². The molecule has 5 nitrogen and oxygen atoms in total. The van der Waals surface area contributed by atoms with Crippen LogP contribution in [0.4, 0.5) is 13.2 Å². The third kappa shape index (κ3) is 2.74. The van der Waals surface area contributed by atoms with Crippen molar-refractivity contribution in [1.29, 1.82) is 0 Å². The second-order valence-electron chi connectivity index (χ2n) is 8.76. The number of hydrogen-bond donors (Lipinski definition) is 0. The third-order valence-corrected chi connectivity index (χ3v) is 6.54. The summed E-state index contributed by atoms with van der Waals surface area (Å²) in [5, 5.41) is 0. The van der Waals surface area contributed by atoms with Crippen molar-refractivity contribution in [3.63, 3.8) is 0 Å². The van der Waals surface area contributed by atoms with Gasteiger partial charge < -0.3 is 18.9 Å². The first-order valence-electron chi connectivity index (χ1n) is 9.29. The molecule has 2 saturated heterocycles. The second-order valence-corrected chi connectivity index (χ2v) is 8.76. The highest BCUT2D eigenvalue weighted by Crippen LogP contribution is 2.59. The molecule has 1 saturated carbocycles. The molecule has 9 heteroatoms. The Kier molecular flexibility index (Phi) is 4.12. The van der Waals surface area contributed by atoms with Crippen LogP contribution < -0.4 is 10.2 Å². The number of piperidine rings is 1. The molecular formula is C19H23BF3NO4. The Bertz CT molecular complexity index is 815. The van der Waals surface area contributed by atoms with E-state index in [9.17, 15) is 18.0 Å². The van der Waals surface area contributed by atoms with Gasteiger partial charge in [-0.2, -0.15) is 0 Å². The van der Waals surface area contributed by atoms with Gasteiger partial charge in [0.1, 0.15) is 11.6 Å². The van der Waals surface area contributed by atoms with Crippen molar-refractivity contribution in [2.24, 2.45) is 11.8 Å². The smallest absolute Gasteiger partial charge is 0.496 e. The average molecular weight is 397 g/mol. The summed E-state index contributed by atoms with van der Waals surface area (Å²) in [5.74, 6) is -5.31. The van der Waals surface area contributed by atoms with E-state index in [1.807, 2.05) is 27.7 Å². The topological polar surface area (TPSA) is 48.0 Å². The van der Waals surface area contributed by atoms with Crippen LogP contribution in [0.25, 0.3) is 0 Å². The summed E-state index contributed by atoms with van der Waals surface area (Å²) in [6.07, 6.45) is 0. The quantitative estimate of drug-likeness (QED) is 0.736. The highest BCUT2D eigenvalue weighted by molar-refractivity contribution is 6.62. The first-order valence-corrected chi connectivity index (χ1v) is 9.29. The number of alkyl halides is 2. The van der Waals surface area contributed by atoms with Crippen LogP contribution in [-0.2, 0) is 9.31 Å². The minimum absolute atomic E-state index is 0.00452. The van der Waals surface area contributed by atoms with E-state index in [0.29, 0.717) is 0 Å². The van der Waals surface area contributed by atoms with E-state index in [-0.39, 0.29) is 29.9 Å². The van der Waals surface area contributed by atoms with E-state index in [2.05, 4.69) is 0 Å². The fourth-order valence-electron chi connectivity index (χ4n) is 3.90. The summed E-state index contributed by atoms with van der Waals surface area (Å²) in [4.78, 5) is 14.1. The van der Waals surface area contributed by atoms with E-state index in [0.717, 1.165) is 6.07 Å². The summed E-state index contributed by atoms with van der Waals surface area (Å²) in [5.41, 5.74) is -1.16. The first-order chi connectivity index (χ1) is 12.9. The van der Waals surface area contributed by atoms with Gasteiger partial charge >= 0.3 is 7.12 Å². The summed E-state index contributed by atoms with van der Waals surface area (Å²) in [6.45, 7) is 7.37. The molecule has 2 heterocycles. The van der Waals surface area contributed by atoms with Gasteiger partial charge in [-0.15, -0.1) is 0 Å². The number of halogens is 3. The van der Waals surface area contributed by atoms with E-state index >= 15 is 0 Å². The van der Waals surface area contributed by atoms with Crippen molar-refractivity contribution < 1.29 is 32.0 Å². The van der Waals surface area contributed by atoms with Crippen LogP contribution >= 0.6 is 0 Å². The molecule has 0 radical (unpaired) electrons.